The van der Waals surface area contributed by atoms with Crippen LogP contribution in [0, 0.1) is 20.8 Å². The first-order valence-electron chi connectivity index (χ1n) is 22.7. The summed E-state index contributed by atoms with van der Waals surface area (Å²) in [5.41, 5.74) is 5.90. The first-order valence-corrected chi connectivity index (χ1v) is 23.1. The first kappa shape index (κ1) is 45.9. The highest BCUT2D eigenvalue weighted by molar-refractivity contribution is 6.35. The topological polar surface area (TPSA) is 206 Å². The van der Waals surface area contributed by atoms with Crippen LogP contribution in [0.1, 0.15) is 62.9 Å². The number of benzene rings is 4. The summed E-state index contributed by atoms with van der Waals surface area (Å²) in [6.07, 6.45) is 1.26. The molecular weight excluding hydrogens is 890 g/mol. The summed E-state index contributed by atoms with van der Waals surface area (Å²) in [6.45, 7) is 8.37. The van der Waals surface area contributed by atoms with Crippen LogP contribution in [-0.4, -0.2) is 121 Å². The summed E-state index contributed by atoms with van der Waals surface area (Å²) < 4.78 is 16.0. The molecule has 1 unspecified atom stereocenters. The maximum absolute atomic E-state index is 13.7. The zero-order valence-electron chi connectivity index (χ0n) is 38.3. The fourth-order valence-corrected chi connectivity index (χ4v) is 9.86. The molecule has 4 amide bonds. The lowest BCUT2D eigenvalue weighted by Crippen LogP contribution is -2.52. The minimum absolute atomic E-state index is 0.0723. The number of halogens is 1. The molecule has 0 bridgehead atoms. The van der Waals surface area contributed by atoms with E-state index in [4.69, 9.17) is 21.1 Å². The Bertz CT molecular complexity index is 3140. The van der Waals surface area contributed by atoms with Crippen LogP contribution >= 0.6 is 11.6 Å². The SMILES string of the molecule is Cc1nc2c(C(=O)NC3CCC(=O)NC3=O)c(OCC(=O)N3CCN(CCn4c(C(=O)O)c(CCCOc5cccc6ccccc56)c5ccc(Cl)c(-c6c(C)nn(C)c6C)c54)CC3)ccc2[nH]1. The normalized spacial score (nSPS) is 15.6. The van der Waals surface area contributed by atoms with Gasteiger partial charge in [-0.25, -0.2) is 9.78 Å². The van der Waals surface area contributed by atoms with Crippen molar-refractivity contribution in [2.75, 3.05) is 45.9 Å². The monoisotopic (exact) mass is 941 g/mol. The minimum atomic E-state index is -1.04. The zero-order chi connectivity index (χ0) is 47.8. The second kappa shape index (κ2) is 19.2. The van der Waals surface area contributed by atoms with Crippen molar-refractivity contribution in [1.29, 1.82) is 0 Å². The minimum Gasteiger partial charge on any atom is -0.493 e. The first-order chi connectivity index (χ1) is 32.8. The highest BCUT2D eigenvalue weighted by atomic mass is 35.5. The van der Waals surface area contributed by atoms with Gasteiger partial charge in [-0.3, -0.25) is 34.1 Å². The fourth-order valence-electron chi connectivity index (χ4n) is 9.61. The number of amides is 4. The predicted molar refractivity (Wildman–Crippen MR) is 256 cm³/mol. The zero-order valence-corrected chi connectivity index (χ0v) is 39.0. The van der Waals surface area contributed by atoms with Crippen molar-refractivity contribution in [3.8, 4) is 22.6 Å². The number of ether oxygens (including phenoxy) is 2. The van der Waals surface area contributed by atoms with E-state index in [1.54, 1.807) is 28.6 Å². The van der Waals surface area contributed by atoms with E-state index in [0.29, 0.717) is 86.2 Å². The number of carboxylic acid groups (broad SMARTS) is 1. The van der Waals surface area contributed by atoms with Gasteiger partial charge in [0.05, 0.1) is 28.4 Å². The van der Waals surface area contributed by atoms with Gasteiger partial charge in [-0.15, -0.1) is 0 Å². The number of carboxylic acids is 1. The Morgan fingerprint density at radius 1 is 0.897 bits per heavy atom. The molecule has 4 N–H and O–H groups in total. The number of fused-ring (bicyclic) bond motifs is 3. The molecular formula is C50H52ClN9O8. The molecule has 0 spiro atoms. The van der Waals surface area contributed by atoms with Crippen LogP contribution < -0.4 is 20.1 Å². The second-order valence-electron chi connectivity index (χ2n) is 17.3. The number of imidazole rings is 1. The Kier molecular flexibility index (Phi) is 12.9. The number of nitrogens with zero attached hydrogens (tertiary/aromatic N) is 6. The summed E-state index contributed by atoms with van der Waals surface area (Å²) in [7, 11) is 1.88. The van der Waals surface area contributed by atoms with Crippen molar-refractivity contribution in [2.24, 2.45) is 7.05 Å². The molecule has 1 atom stereocenters. The predicted octanol–water partition coefficient (Wildman–Crippen LogP) is 6.12. The van der Waals surface area contributed by atoms with E-state index >= 15 is 0 Å². The number of nitrogens with one attached hydrogen (secondary N) is 3. The number of aromatic carboxylic acids is 1. The van der Waals surface area contributed by atoms with Gasteiger partial charge in [0.25, 0.3) is 11.8 Å². The average Bonchev–Trinajstić information content (AvgIpc) is 3.95. The standard InChI is InChI=1S/C50H52ClN9O8/c1-28-42(29(2)57(4)56-28)43-35(51)15-14-34-33(12-8-26-67-38-13-7-10-31-9-5-6-11-32(31)38)47(50(65)66)60(46(34)43)25-22-58-20-23-59(24-21-58)41(62)27-68-39-18-16-36-45(53-30(3)52-36)44(39)49(64)54-37-17-19-40(61)55-48(37)63/h5-7,9-11,13-16,18,37H,8,12,17,19-27H2,1-4H3,(H,52,53)(H,54,64)(H,65,66)(H,55,61,63). The number of imide groups is 1. The van der Waals surface area contributed by atoms with Gasteiger partial charge in [0.15, 0.2) is 6.61 Å². The molecule has 0 aliphatic carbocycles. The molecule has 68 heavy (non-hydrogen) atoms. The van der Waals surface area contributed by atoms with Gasteiger partial charge in [-0.1, -0.05) is 54.1 Å². The van der Waals surface area contributed by atoms with Gasteiger partial charge in [0, 0.05) is 80.3 Å². The van der Waals surface area contributed by atoms with E-state index in [0.717, 1.165) is 49.9 Å². The molecule has 4 aromatic carbocycles. The second-order valence-corrected chi connectivity index (χ2v) is 17.8. The number of aromatic amines is 1. The van der Waals surface area contributed by atoms with E-state index in [9.17, 15) is 29.1 Å². The van der Waals surface area contributed by atoms with E-state index in [1.807, 2.05) is 80.1 Å². The number of hydrogen-bond donors (Lipinski definition) is 4. The lowest BCUT2D eigenvalue weighted by atomic mass is 9.98. The summed E-state index contributed by atoms with van der Waals surface area (Å²) in [5, 5.41) is 24.0. The highest BCUT2D eigenvalue weighted by Crippen LogP contribution is 2.42. The van der Waals surface area contributed by atoms with Crippen LogP contribution in [0.3, 0.4) is 0 Å². The number of rotatable bonds is 15. The lowest BCUT2D eigenvalue weighted by molar-refractivity contribution is -0.135. The highest BCUT2D eigenvalue weighted by Gasteiger charge is 2.32. The number of aromatic nitrogens is 5. The third-order valence-corrected chi connectivity index (χ3v) is 13.4. The third-order valence-electron chi connectivity index (χ3n) is 13.0. The van der Waals surface area contributed by atoms with Crippen LogP contribution in [0.25, 0.3) is 43.8 Å². The van der Waals surface area contributed by atoms with E-state index in [2.05, 4.69) is 30.6 Å². The molecule has 2 fully saturated rings. The molecule has 2 saturated heterocycles. The molecule has 7 aromatic rings. The van der Waals surface area contributed by atoms with Gasteiger partial charge in [0.2, 0.25) is 11.8 Å². The summed E-state index contributed by atoms with van der Waals surface area (Å²) in [4.78, 5) is 76.4. The van der Waals surface area contributed by atoms with Crippen LogP contribution in [0.2, 0.25) is 5.02 Å². The molecule has 9 rings (SSSR count). The summed E-state index contributed by atoms with van der Waals surface area (Å²) >= 11 is 7.08. The van der Waals surface area contributed by atoms with E-state index in [-0.39, 0.29) is 42.4 Å². The molecule has 2 aliphatic heterocycles. The lowest BCUT2D eigenvalue weighted by Gasteiger charge is -2.35. The average molecular weight is 942 g/mol. The number of piperidine rings is 1. The largest absolute Gasteiger partial charge is 0.493 e. The van der Waals surface area contributed by atoms with Crippen LogP contribution in [0.15, 0.2) is 66.7 Å². The number of hydrogen-bond acceptors (Lipinski definition) is 10. The molecule has 17 nitrogen and oxygen atoms in total. The Balaban J connectivity index is 0.908. The molecule has 0 saturated carbocycles. The van der Waals surface area contributed by atoms with Crippen molar-refractivity contribution in [1.82, 2.24) is 44.7 Å². The van der Waals surface area contributed by atoms with Crippen molar-refractivity contribution >= 4 is 73.9 Å². The Labute approximate surface area is 396 Å². The van der Waals surface area contributed by atoms with Crippen LogP contribution in [0.4, 0.5) is 0 Å². The van der Waals surface area contributed by atoms with E-state index in [1.165, 1.54) is 0 Å². The van der Waals surface area contributed by atoms with Gasteiger partial charge in [-0.2, -0.15) is 5.10 Å². The number of H-pyrrole nitrogens is 1. The smallest absolute Gasteiger partial charge is 0.352 e. The number of aryl methyl sites for hydroxylation is 4. The molecule has 352 valence electrons. The summed E-state index contributed by atoms with van der Waals surface area (Å²) in [6, 6.07) is 20.1. The van der Waals surface area contributed by atoms with Crippen molar-refractivity contribution in [3.05, 3.63) is 106 Å². The third kappa shape index (κ3) is 8.98. The van der Waals surface area contributed by atoms with Gasteiger partial charge >= 0.3 is 5.97 Å². The van der Waals surface area contributed by atoms with Crippen LogP contribution in [0.5, 0.6) is 11.5 Å². The molecule has 3 aromatic heterocycles. The molecule has 18 heteroatoms. The maximum Gasteiger partial charge on any atom is 0.352 e. The van der Waals surface area contributed by atoms with Gasteiger partial charge in [0.1, 0.15) is 40.1 Å². The molecule has 2 aliphatic rings. The Hall–Kier alpha value is -7.24. The van der Waals surface area contributed by atoms with Crippen molar-refractivity contribution in [2.45, 2.75) is 59.0 Å². The summed E-state index contributed by atoms with van der Waals surface area (Å²) in [5.74, 6) is -1.46. The van der Waals surface area contributed by atoms with Crippen LogP contribution in [-0.2, 0) is 34.4 Å². The number of piperazine rings is 1. The maximum atomic E-state index is 13.7. The number of carbonyl (C=O) groups excluding carboxylic acids is 4. The molecule has 0 radical (unpaired) electrons. The number of carbonyl (C=O) groups is 5. The van der Waals surface area contributed by atoms with Crippen molar-refractivity contribution < 1.29 is 38.6 Å². The fraction of sp³-hybridized carbons (Fsp3) is 0.340. The Morgan fingerprint density at radius 3 is 2.43 bits per heavy atom. The Morgan fingerprint density at radius 2 is 1.68 bits per heavy atom. The quantitative estimate of drug-likeness (QED) is 0.0681. The van der Waals surface area contributed by atoms with E-state index < -0.39 is 29.7 Å². The van der Waals surface area contributed by atoms with Gasteiger partial charge < -0.3 is 34.3 Å². The van der Waals surface area contributed by atoms with Crippen molar-refractivity contribution in [3.63, 3.8) is 0 Å². The van der Waals surface area contributed by atoms with Gasteiger partial charge in [-0.05, 0) is 75.2 Å². The molecule has 5 heterocycles.